The molecule has 0 radical (unpaired) electrons. The number of ether oxygens (including phenoxy) is 1. The number of nitrogens with two attached hydrogens (primary N) is 1. The molecule has 0 unspecified atom stereocenters. The first-order valence-corrected chi connectivity index (χ1v) is 5.59. The van der Waals surface area contributed by atoms with Crippen LogP contribution in [0.5, 0.6) is 5.75 Å². The van der Waals surface area contributed by atoms with Gasteiger partial charge in [-0.25, -0.2) is 0 Å². The summed E-state index contributed by atoms with van der Waals surface area (Å²) in [6.45, 7) is 0. The molecule has 1 aromatic carbocycles. The van der Waals surface area contributed by atoms with E-state index in [1.165, 1.54) is 12.3 Å². The number of rotatable bonds is 3. The molecule has 0 saturated carbocycles. The number of halogens is 3. The second kappa shape index (κ2) is 5.65. The van der Waals surface area contributed by atoms with Gasteiger partial charge in [0.05, 0.1) is 5.69 Å². The Kier molecular flexibility index (Phi) is 3.92. The van der Waals surface area contributed by atoms with Gasteiger partial charge in [0.1, 0.15) is 0 Å². The molecule has 6 nitrogen and oxygen atoms in total. The molecular formula is C12H9F3N4O2. The third-order valence-corrected chi connectivity index (χ3v) is 2.31. The first-order chi connectivity index (χ1) is 9.85. The number of carbonyl (C=O) groups excluding carboxylic acids is 1. The van der Waals surface area contributed by atoms with Crippen LogP contribution in [0.4, 0.5) is 24.7 Å². The zero-order valence-corrected chi connectivity index (χ0v) is 10.4. The highest BCUT2D eigenvalue weighted by Crippen LogP contribution is 2.29. The molecule has 0 saturated heterocycles. The van der Waals surface area contributed by atoms with Crippen LogP contribution in [0, 0.1) is 0 Å². The van der Waals surface area contributed by atoms with E-state index in [1.807, 2.05) is 0 Å². The Labute approximate surface area is 116 Å². The summed E-state index contributed by atoms with van der Waals surface area (Å²) < 4.78 is 40.0. The molecule has 9 heteroatoms. The minimum atomic E-state index is -4.85. The zero-order valence-electron chi connectivity index (χ0n) is 10.4. The third-order valence-electron chi connectivity index (χ3n) is 2.31. The number of benzene rings is 1. The monoisotopic (exact) mass is 298 g/mol. The molecule has 2 aromatic rings. The number of amides is 1. The number of nitrogens with one attached hydrogen (secondary N) is 1. The number of alkyl halides is 3. The summed E-state index contributed by atoms with van der Waals surface area (Å²) in [4.78, 5) is 11.9. The molecule has 1 aromatic heterocycles. The molecule has 0 spiro atoms. The Hall–Kier alpha value is -2.84. The minimum absolute atomic E-state index is 0.0627. The van der Waals surface area contributed by atoms with E-state index in [-0.39, 0.29) is 17.1 Å². The van der Waals surface area contributed by atoms with Crippen molar-refractivity contribution in [2.24, 2.45) is 0 Å². The standard InChI is InChI=1S/C12H9F3N4O2/c13-12(14,15)21-9-4-3-7(6-8(9)16)11(20)18-10-2-1-5-17-19-10/h1-6H,16H2,(H,18,19,20). The molecule has 1 amide bonds. The van der Waals surface area contributed by atoms with Gasteiger partial charge >= 0.3 is 6.36 Å². The Balaban J connectivity index is 2.14. The lowest BCUT2D eigenvalue weighted by Gasteiger charge is -2.12. The largest absolute Gasteiger partial charge is 0.573 e. The summed E-state index contributed by atoms with van der Waals surface area (Å²) >= 11 is 0. The van der Waals surface area contributed by atoms with Crippen LogP contribution in [0.25, 0.3) is 0 Å². The second-order valence-corrected chi connectivity index (χ2v) is 3.86. The highest BCUT2D eigenvalue weighted by atomic mass is 19.4. The maximum absolute atomic E-state index is 12.1. The number of hydrogen-bond acceptors (Lipinski definition) is 5. The molecular weight excluding hydrogens is 289 g/mol. The van der Waals surface area contributed by atoms with Crippen LogP contribution in [0.15, 0.2) is 36.5 Å². The number of carbonyl (C=O) groups is 1. The molecule has 21 heavy (non-hydrogen) atoms. The normalized spacial score (nSPS) is 11.0. The maximum atomic E-state index is 12.1. The number of nitrogens with zero attached hydrogens (tertiary/aromatic N) is 2. The van der Waals surface area contributed by atoms with Gasteiger partial charge in [-0.3, -0.25) is 4.79 Å². The van der Waals surface area contributed by atoms with Crippen molar-refractivity contribution in [3.63, 3.8) is 0 Å². The van der Waals surface area contributed by atoms with E-state index in [0.29, 0.717) is 0 Å². The lowest BCUT2D eigenvalue weighted by Crippen LogP contribution is -2.18. The van der Waals surface area contributed by atoms with Crippen LogP contribution >= 0.6 is 0 Å². The van der Waals surface area contributed by atoms with Gasteiger partial charge in [0.15, 0.2) is 11.6 Å². The maximum Gasteiger partial charge on any atom is 0.573 e. The van der Waals surface area contributed by atoms with Crippen LogP contribution in [-0.2, 0) is 0 Å². The summed E-state index contributed by atoms with van der Waals surface area (Å²) in [5.41, 5.74) is 5.18. The molecule has 0 atom stereocenters. The first kappa shape index (κ1) is 14.6. The molecule has 2 rings (SSSR count). The summed E-state index contributed by atoms with van der Waals surface area (Å²) in [5.74, 6) is -0.948. The highest BCUT2D eigenvalue weighted by molar-refractivity contribution is 6.04. The van der Waals surface area contributed by atoms with Crippen LogP contribution in [0.2, 0.25) is 0 Å². The summed E-state index contributed by atoms with van der Waals surface area (Å²) in [7, 11) is 0. The van der Waals surface area contributed by atoms with E-state index in [9.17, 15) is 18.0 Å². The lowest BCUT2D eigenvalue weighted by atomic mass is 10.2. The number of aromatic nitrogens is 2. The van der Waals surface area contributed by atoms with E-state index >= 15 is 0 Å². The summed E-state index contributed by atoms with van der Waals surface area (Å²) in [6, 6.07) is 6.27. The van der Waals surface area contributed by atoms with E-state index in [0.717, 1.165) is 18.2 Å². The van der Waals surface area contributed by atoms with Crippen molar-refractivity contribution in [2.45, 2.75) is 6.36 Å². The minimum Gasteiger partial charge on any atom is -0.404 e. The van der Waals surface area contributed by atoms with Crippen LogP contribution in [0.3, 0.4) is 0 Å². The van der Waals surface area contributed by atoms with Crippen molar-refractivity contribution >= 4 is 17.4 Å². The van der Waals surface area contributed by atoms with Gasteiger partial charge in [0, 0.05) is 11.8 Å². The van der Waals surface area contributed by atoms with Crippen molar-refractivity contribution in [3.8, 4) is 5.75 Å². The fraction of sp³-hybridized carbons (Fsp3) is 0.0833. The fourth-order valence-corrected chi connectivity index (χ4v) is 1.46. The number of hydrogen-bond donors (Lipinski definition) is 2. The third kappa shape index (κ3) is 4.06. The Bertz CT molecular complexity index is 647. The predicted octanol–water partition coefficient (Wildman–Crippen LogP) is 2.21. The number of nitrogen functional groups attached to an aromatic ring is 1. The van der Waals surface area contributed by atoms with Crippen LogP contribution in [0.1, 0.15) is 10.4 Å². The molecule has 110 valence electrons. The fourth-order valence-electron chi connectivity index (χ4n) is 1.46. The van der Waals surface area contributed by atoms with Gasteiger partial charge in [-0.05, 0) is 30.3 Å². The smallest absolute Gasteiger partial charge is 0.404 e. The van der Waals surface area contributed by atoms with Gasteiger partial charge in [-0.15, -0.1) is 18.3 Å². The Morgan fingerprint density at radius 2 is 2.05 bits per heavy atom. The summed E-state index contributed by atoms with van der Waals surface area (Å²) in [5, 5.41) is 9.64. The average Bonchev–Trinajstić information content (AvgIpc) is 2.40. The molecule has 3 N–H and O–H groups in total. The van der Waals surface area contributed by atoms with Crippen LogP contribution in [-0.4, -0.2) is 22.5 Å². The SMILES string of the molecule is Nc1cc(C(=O)Nc2cccnn2)ccc1OC(F)(F)F. The van der Waals surface area contributed by atoms with Crippen molar-refractivity contribution in [3.05, 3.63) is 42.1 Å². The van der Waals surface area contributed by atoms with E-state index in [2.05, 4.69) is 20.3 Å². The van der Waals surface area contributed by atoms with Crippen LogP contribution < -0.4 is 15.8 Å². The molecule has 0 aliphatic rings. The van der Waals surface area contributed by atoms with Gasteiger partial charge in [0.2, 0.25) is 0 Å². The zero-order chi connectivity index (χ0) is 15.5. The average molecular weight is 298 g/mol. The number of anilines is 2. The van der Waals surface area contributed by atoms with Gasteiger partial charge in [0.25, 0.3) is 5.91 Å². The van der Waals surface area contributed by atoms with E-state index in [4.69, 9.17) is 5.73 Å². The van der Waals surface area contributed by atoms with Crippen molar-refractivity contribution < 1.29 is 22.7 Å². The molecule has 0 aliphatic heterocycles. The lowest BCUT2D eigenvalue weighted by molar-refractivity contribution is -0.274. The Morgan fingerprint density at radius 1 is 1.29 bits per heavy atom. The molecule has 1 heterocycles. The predicted molar refractivity (Wildman–Crippen MR) is 67.5 cm³/mol. The van der Waals surface area contributed by atoms with E-state index < -0.39 is 18.0 Å². The molecule has 0 aliphatic carbocycles. The van der Waals surface area contributed by atoms with Gasteiger partial charge in [-0.2, -0.15) is 5.10 Å². The Morgan fingerprint density at radius 3 is 2.62 bits per heavy atom. The van der Waals surface area contributed by atoms with Gasteiger partial charge < -0.3 is 15.8 Å². The summed E-state index contributed by atoms with van der Waals surface area (Å²) in [6.07, 6.45) is -3.42. The first-order valence-electron chi connectivity index (χ1n) is 5.59. The van der Waals surface area contributed by atoms with Gasteiger partial charge in [-0.1, -0.05) is 0 Å². The van der Waals surface area contributed by atoms with Crippen molar-refractivity contribution in [1.82, 2.24) is 10.2 Å². The molecule has 0 fully saturated rings. The van der Waals surface area contributed by atoms with E-state index in [1.54, 1.807) is 6.07 Å². The quantitative estimate of drug-likeness (QED) is 0.848. The molecule has 0 bridgehead atoms. The van der Waals surface area contributed by atoms with Crippen molar-refractivity contribution in [1.29, 1.82) is 0 Å². The topological polar surface area (TPSA) is 90.1 Å². The second-order valence-electron chi connectivity index (χ2n) is 3.86. The highest BCUT2D eigenvalue weighted by Gasteiger charge is 2.32. The van der Waals surface area contributed by atoms with Crippen molar-refractivity contribution in [2.75, 3.05) is 11.1 Å².